The predicted octanol–water partition coefficient (Wildman–Crippen LogP) is 1.65. The Morgan fingerprint density at radius 2 is 2.18 bits per heavy atom. The summed E-state index contributed by atoms with van der Waals surface area (Å²) in [6.07, 6.45) is 6.88. The third-order valence-electron chi connectivity index (χ3n) is 1.30. The highest BCUT2D eigenvalue weighted by atomic mass is 16.5. The van der Waals surface area contributed by atoms with Crippen LogP contribution in [0.15, 0.2) is 24.9 Å². The summed E-state index contributed by atoms with van der Waals surface area (Å²) in [4.78, 5) is 1.98. The zero-order valence-electron chi connectivity index (χ0n) is 7.58. The third-order valence-corrected chi connectivity index (χ3v) is 1.30. The van der Waals surface area contributed by atoms with E-state index in [-0.39, 0.29) is 6.10 Å². The molecule has 0 saturated carbocycles. The van der Waals surface area contributed by atoms with Crippen LogP contribution in [0.5, 0.6) is 0 Å². The monoisotopic (exact) mass is 155 g/mol. The van der Waals surface area contributed by atoms with E-state index in [1.54, 1.807) is 7.11 Å². The molecule has 1 atom stereocenters. The Morgan fingerprint density at radius 3 is 2.55 bits per heavy atom. The first-order valence-electron chi connectivity index (χ1n) is 3.69. The second kappa shape index (κ2) is 5.98. The van der Waals surface area contributed by atoms with Gasteiger partial charge in [0.2, 0.25) is 0 Å². The Bertz CT molecular complexity index is 130. The van der Waals surface area contributed by atoms with Crippen molar-refractivity contribution >= 4 is 0 Å². The quantitative estimate of drug-likeness (QED) is 0.560. The van der Waals surface area contributed by atoms with E-state index in [1.807, 2.05) is 37.3 Å². The summed E-state index contributed by atoms with van der Waals surface area (Å²) in [7, 11) is 5.67. The molecule has 2 heteroatoms. The second-order valence-electron chi connectivity index (χ2n) is 2.60. The predicted molar refractivity (Wildman–Crippen MR) is 48.4 cm³/mol. The molecule has 0 aliphatic carbocycles. The first-order valence-corrected chi connectivity index (χ1v) is 3.69. The molecular formula is C9H17NO. The third kappa shape index (κ3) is 5.67. The average molecular weight is 155 g/mol. The summed E-state index contributed by atoms with van der Waals surface area (Å²) in [6, 6.07) is 0. The maximum Gasteiger partial charge on any atom is 0.0803 e. The molecule has 0 aromatic rings. The van der Waals surface area contributed by atoms with Crippen LogP contribution in [-0.2, 0) is 4.74 Å². The van der Waals surface area contributed by atoms with Gasteiger partial charge in [0.15, 0.2) is 0 Å². The van der Waals surface area contributed by atoms with Crippen molar-refractivity contribution in [2.24, 2.45) is 0 Å². The molecule has 0 radical (unpaired) electrons. The van der Waals surface area contributed by atoms with Crippen LogP contribution in [0.1, 0.15) is 6.42 Å². The van der Waals surface area contributed by atoms with Crippen LogP contribution in [0.2, 0.25) is 0 Å². The number of ether oxygens (including phenoxy) is 1. The highest BCUT2D eigenvalue weighted by Gasteiger charge is 1.97. The van der Waals surface area contributed by atoms with Gasteiger partial charge in [0.25, 0.3) is 0 Å². The molecule has 0 bridgehead atoms. The van der Waals surface area contributed by atoms with Crippen molar-refractivity contribution in [2.45, 2.75) is 12.5 Å². The number of hydrogen-bond acceptors (Lipinski definition) is 2. The van der Waals surface area contributed by atoms with Gasteiger partial charge in [0.05, 0.1) is 6.10 Å². The van der Waals surface area contributed by atoms with Crippen LogP contribution < -0.4 is 0 Å². The van der Waals surface area contributed by atoms with Crippen LogP contribution in [0.3, 0.4) is 0 Å². The lowest BCUT2D eigenvalue weighted by molar-refractivity contribution is 0.142. The molecule has 0 aliphatic rings. The zero-order chi connectivity index (χ0) is 8.69. The number of nitrogens with zero attached hydrogens (tertiary/aromatic N) is 1. The van der Waals surface area contributed by atoms with Gasteiger partial charge in [-0.05, 0) is 18.7 Å². The molecule has 2 nitrogen and oxygen atoms in total. The minimum Gasteiger partial charge on any atom is -0.384 e. The highest BCUT2D eigenvalue weighted by molar-refractivity contribution is 4.91. The van der Waals surface area contributed by atoms with Crippen molar-refractivity contribution < 1.29 is 4.74 Å². The molecule has 11 heavy (non-hydrogen) atoms. The lowest BCUT2D eigenvalue weighted by atomic mass is 10.2. The molecule has 0 amide bonds. The van der Waals surface area contributed by atoms with Crippen molar-refractivity contribution in [2.75, 3.05) is 21.2 Å². The van der Waals surface area contributed by atoms with Crippen LogP contribution in [0, 0.1) is 0 Å². The largest absolute Gasteiger partial charge is 0.384 e. The molecule has 0 saturated heterocycles. The second-order valence-corrected chi connectivity index (χ2v) is 2.60. The Kier molecular flexibility index (Phi) is 5.57. The maximum absolute atomic E-state index is 5.16. The van der Waals surface area contributed by atoms with Crippen molar-refractivity contribution in [3.63, 3.8) is 0 Å². The Balaban J connectivity index is 3.75. The number of rotatable bonds is 5. The van der Waals surface area contributed by atoms with E-state index >= 15 is 0 Å². The molecule has 0 N–H and O–H groups in total. The minimum absolute atomic E-state index is 0.162. The van der Waals surface area contributed by atoms with Gasteiger partial charge in [-0.25, -0.2) is 0 Å². The minimum atomic E-state index is 0.162. The lowest BCUT2D eigenvalue weighted by Crippen LogP contribution is -2.08. The molecule has 1 unspecified atom stereocenters. The van der Waals surface area contributed by atoms with Gasteiger partial charge in [-0.1, -0.05) is 6.08 Å². The van der Waals surface area contributed by atoms with E-state index in [0.717, 1.165) is 6.42 Å². The molecule has 0 aromatic heterocycles. The van der Waals surface area contributed by atoms with Crippen molar-refractivity contribution in [3.8, 4) is 0 Å². The van der Waals surface area contributed by atoms with Crippen LogP contribution >= 0.6 is 0 Å². The molecule has 0 heterocycles. The molecule has 0 aromatic carbocycles. The molecule has 64 valence electrons. The lowest BCUT2D eigenvalue weighted by Gasteiger charge is -2.09. The molecule has 0 fully saturated rings. The summed E-state index contributed by atoms with van der Waals surface area (Å²) in [6.45, 7) is 3.65. The standard InChI is InChI=1S/C9H17NO/c1-5-6-9(11-4)7-8-10(2)3/h5,7-9H,1,6H2,2-4H3/b8-7+. The van der Waals surface area contributed by atoms with Crippen LogP contribution in [0.4, 0.5) is 0 Å². The first-order chi connectivity index (χ1) is 5.20. The van der Waals surface area contributed by atoms with Gasteiger partial charge in [-0.3, -0.25) is 0 Å². The van der Waals surface area contributed by atoms with Crippen LogP contribution in [0.25, 0.3) is 0 Å². The van der Waals surface area contributed by atoms with Gasteiger partial charge < -0.3 is 9.64 Å². The molecular weight excluding hydrogens is 138 g/mol. The number of hydrogen-bond donors (Lipinski definition) is 0. The van der Waals surface area contributed by atoms with E-state index in [1.165, 1.54) is 0 Å². The zero-order valence-corrected chi connectivity index (χ0v) is 7.58. The summed E-state index contributed by atoms with van der Waals surface area (Å²) >= 11 is 0. The summed E-state index contributed by atoms with van der Waals surface area (Å²) in [5.74, 6) is 0. The van der Waals surface area contributed by atoms with E-state index in [0.29, 0.717) is 0 Å². The van der Waals surface area contributed by atoms with Crippen molar-refractivity contribution in [3.05, 3.63) is 24.9 Å². The van der Waals surface area contributed by atoms with Gasteiger partial charge in [-0.2, -0.15) is 0 Å². The van der Waals surface area contributed by atoms with E-state index in [2.05, 4.69) is 6.58 Å². The molecule has 0 rings (SSSR count). The van der Waals surface area contributed by atoms with Crippen molar-refractivity contribution in [1.82, 2.24) is 4.90 Å². The fraction of sp³-hybridized carbons (Fsp3) is 0.556. The highest BCUT2D eigenvalue weighted by Crippen LogP contribution is 1.99. The summed E-state index contributed by atoms with van der Waals surface area (Å²) in [5.41, 5.74) is 0. The maximum atomic E-state index is 5.16. The number of methoxy groups -OCH3 is 1. The Morgan fingerprint density at radius 1 is 1.55 bits per heavy atom. The smallest absolute Gasteiger partial charge is 0.0803 e. The van der Waals surface area contributed by atoms with Gasteiger partial charge in [0.1, 0.15) is 0 Å². The fourth-order valence-corrected chi connectivity index (χ4v) is 0.686. The van der Waals surface area contributed by atoms with E-state index < -0.39 is 0 Å². The SMILES string of the molecule is C=CCC(/C=C/N(C)C)OC. The summed E-state index contributed by atoms with van der Waals surface area (Å²) < 4.78 is 5.16. The topological polar surface area (TPSA) is 12.5 Å². The van der Waals surface area contributed by atoms with Crippen LogP contribution in [-0.4, -0.2) is 32.2 Å². The normalized spacial score (nSPS) is 13.4. The fourth-order valence-electron chi connectivity index (χ4n) is 0.686. The van der Waals surface area contributed by atoms with Gasteiger partial charge in [-0.15, -0.1) is 6.58 Å². The van der Waals surface area contributed by atoms with Gasteiger partial charge >= 0.3 is 0 Å². The van der Waals surface area contributed by atoms with Crippen molar-refractivity contribution in [1.29, 1.82) is 0 Å². The Labute approximate surface area is 69.2 Å². The van der Waals surface area contributed by atoms with Gasteiger partial charge in [0, 0.05) is 21.2 Å². The Hall–Kier alpha value is -0.760. The van der Waals surface area contributed by atoms with E-state index in [9.17, 15) is 0 Å². The molecule has 0 aliphatic heterocycles. The molecule has 0 spiro atoms. The van der Waals surface area contributed by atoms with E-state index in [4.69, 9.17) is 4.74 Å². The summed E-state index contributed by atoms with van der Waals surface area (Å²) in [5, 5.41) is 0. The first kappa shape index (κ1) is 10.2. The average Bonchev–Trinajstić information content (AvgIpc) is 1.97.